The topological polar surface area (TPSA) is 14.2 Å². The van der Waals surface area contributed by atoms with Crippen molar-refractivity contribution < 1.29 is 4.74 Å². The molecule has 0 N–H and O–H groups in total. The van der Waals surface area contributed by atoms with Crippen molar-refractivity contribution in [2.24, 2.45) is 0 Å². The molecule has 1 aromatic rings. The van der Waals surface area contributed by atoms with Gasteiger partial charge in [-0.3, -0.25) is 0 Å². The van der Waals surface area contributed by atoms with E-state index in [9.17, 15) is 0 Å². The van der Waals surface area contributed by atoms with E-state index >= 15 is 0 Å². The minimum absolute atomic E-state index is 0.512. The summed E-state index contributed by atoms with van der Waals surface area (Å²) < 4.78 is 8.04. The van der Waals surface area contributed by atoms with Crippen molar-refractivity contribution in [3.05, 3.63) is 23.5 Å². The lowest BCUT2D eigenvalue weighted by molar-refractivity contribution is 0.0581. The summed E-state index contributed by atoms with van der Waals surface area (Å²) in [6.07, 6.45) is 13.3. The summed E-state index contributed by atoms with van der Waals surface area (Å²) in [6.45, 7) is 0. The normalized spacial score (nSPS) is 29.0. The van der Waals surface area contributed by atoms with E-state index in [2.05, 4.69) is 16.8 Å². The monoisotopic (exact) mass is 233 g/mol. The number of nitrogens with zero attached hydrogens (tertiary/aromatic N) is 1. The number of methoxy groups -OCH3 is 1. The van der Waals surface area contributed by atoms with E-state index in [0.717, 1.165) is 6.04 Å². The molecule has 2 nitrogen and oxygen atoms in total. The molecule has 0 spiro atoms. The van der Waals surface area contributed by atoms with Gasteiger partial charge in [-0.25, -0.2) is 0 Å². The van der Waals surface area contributed by atoms with Crippen molar-refractivity contribution in [3.8, 4) is 0 Å². The van der Waals surface area contributed by atoms with Gasteiger partial charge in [0.15, 0.2) is 0 Å². The van der Waals surface area contributed by atoms with Gasteiger partial charge in [0.2, 0.25) is 0 Å². The minimum atomic E-state index is 0.512. The molecule has 0 amide bonds. The lowest BCUT2D eigenvalue weighted by Crippen LogP contribution is -2.23. The number of fused-ring (bicyclic) bond motifs is 1. The van der Waals surface area contributed by atoms with Crippen molar-refractivity contribution in [1.29, 1.82) is 0 Å². The molecule has 0 radical (unpaired) electrons. The molecule has 17 heavy (non-hydrogen) atoms. The third kappa shape index (κ3) is 2.15. The maximum Gasteiger partial charge on any atom is 0.0572 e. The van der Waals surface area contributed by atoms with Crippen molar-refractivity contribution in [3.63, 3.8) is 0 Å². The van der Waals surface area contributed by atoms with Crippen molar-refractivity contribution in [2.45, 2.75) is 63.5 Å². The molecule has 0 saturated heterocycles. The highest BCUT2D eigenvalue weighted by molar-refractivity contribution is 5.25. The molecular formula is C15H23NO. The summed E-state index contributed by atoms with van der Waals surface area (Å²) in [7, 11) is 1.85. The van der Waals surface area contributed by atoms with Crippen LogP contribution in [0, 0.1) is 0 Å². The Morgan fingerprint density at radius 3 is 2.65 bits per heavy atom. The fourth-order valence-electron chi connectivity index (χ4n) is 3.55. The number of aryl methyl sites for hydroxylation is 1. The molecule has 1 aromatic heterocycles. The summed E-state index contributed by atoms with van der Waals surface area (Å²) in [4.78, 5) is 0. The zero-order valence-electron chi connectivity index (χ0n) is 10.8. The van der Waals surface area contributed by atoms with E-state index in [-0.39, 0.29) is 0 Å². The molecule has 0 atom stereocenters. The van der Waals surface area contributed by atoms with E-state index < -0.39 is 0 Å². The molecule has 1 heterocycles. The first-order chi connectivity index (χ1) is 8.38. The number of rotatable bonds is 2. The van der Waals surface area contributed by atoms with Gasteiger partial charge in [0.25, 0.3) is 0 Å². The van der Waals surface area contributed by atoms with E-state index in [1.807, 2.05) is 7.11 Å². The van der Waals surface area contributed by atoms with Crippen molar-refractivity contribution in [1.82, 2.24) is 4.57 Å². The summed E-state index contributed by atoms with van der Waals surface area (Å²) in [6, 6.07) is 3.10. The van der Waals surface area contributed by atoms with Crippen LogP contribution < -0.4 is 0 Å². The quantitative estimate of drug-likeness (QED) is 0.762. The Balaban J connectivity index is 1.74. The summed E-state index contributed by atoms with van der Waals surface area (Å²) in [5.74, 6) is 0. The highest BCUT2D eigenvalue weighted by Crippen LogP contribution is 2.33. The predicted octanol–water partition coefficient (Wildman–Crippen LogP) is 3.50. The molecule has 0 unspecified atom stereocenters. The zero-order chi connectivity index (χ0) is 11.7. The maximum atomic E-state index is 5.46. The van der Waals surface area contributed by atoms with Crippen molar-refractivity contribution in [2.75, 3.05) is 7.11 Å². The number of hydrogen-bond donors (Lipinski definition) is 0. The Bertz CT molecular complexity index is 374. The molecule has 1 fully saturated rings. The van der Waals surface area contributed by atoms with Gasteiger partial charge in [0.05, 0.1) is 6.10 Å². The summed E-state index contributed by atoms with van der Waals surface area (Å²) in [5.41, 5.74) is 3.25. The molecule has 2 heteroatoms. The first-order valence-corrected chi connectivity index (χ1v) is 7.10. The molecule has 2 aliphatic rings. The summed E-state index contributed by atoms with van der Waals surface area (Å²) in [5, 5.41) is 0. The van der Waals surface area contributed by atoms with Gasteiger partial charge < -0.3 is 9.30 Å². The Labute approximate surface area is 104 Å². The van der Waals surface area contributed by atoms with Gasteiger partial charge in [-0.05, 0) is 63.0 Å². The van der Waals surface area contributed by atoms with Crippen LogP contribution in [-0.2, 0) is 17.6 Å². The Morgan fingerprint density at radius 2 is 1.88 bits per heavy atom. The Kier molecular flexibility index (Phi) is 3.24. The lowest BCUT2D eigenvalue weighted by atomic mass is 9.91. The number of hydrogen-bond acceptors (Lipinski definition) is 1. The van der Waals surface area contributed by atoms with Crippen LogP contribution in [0.3, 0.4) is 0 Å². The fourth-order valence-corrected chi connectivity index (χ4v) is 3.55. The van der Waals surface area contributed by atoms with E-state index in [1.165, 1.54) is 51.4 Å². The minimum Gasteiger partial charge on any atom is -0.381 e. The first-order valence-electron chi connectivity index (χ1n) is 7.10. The fraction of sp³-hybridized carbons (Fsp3) is 0.733. The second-order valence-electron chi connectivity index (χ2n) is 5.57. The standard InChI is InChI=1S/C15H23NO/c1-17-14-8-6-13(7-9-14)16-11-10-12-4-2-3-5-15(12)16/h10-11,13-14H,2-9H2,1H3. The van der Waals surface area contributed by atoms with E-state index in [0.29, 0.717) is 6.10 Å². The molecule has 94 valence electrons. The average molecular weight is 233 g/mol. The van der Waals surface area contributed by atoms with Crippen molar-refractivity contribution >= 4 is 0 Å². The van der Waals surface area contributed by atoms with Crippen LogP contribution in [0.4, 0.5) is 0 Å². The molecule has 0 bridgehead atoms. The second kappa shape index (κ2) is 4.85. The molecule has 0 aromatic carbocycles. The third-order valence-electron chi connectivity index (χ3n) is 4.60. The molecular weight excluding hydrogens is 210 g/mol. The first kappa shape index (κ1) is 11.3. The third-order valence-corrected chi connectivity index (χ3v) is 4.60. The van der Waals surface area contributed by atoms with Gasteiger partial charge in [0.1, 0.15) is 0 Å². The van der Waals surface area contributed by atoms with Crippen LogP contribution in [0.2, 0.25) is 0 Å². The van der Waals surface area contributed by atoms with Gasteiger partial charge in [-0.1, -0.05) is 0 Å². The van der Waals surface area contributed by atoms with E-state index in [1.54, 1.807) is 11.3 Å². The van der Waals surface area contributed by atoms with Gasteiger partial charge >= 0.3 is 0 Å². The molecule has 3 rings (SSSR count). The smallest absolute Gasteiger partial charge is 0.0572 e. The lowest BCUT2D eigenvalue weighted by Gasteiger charge is -2.30. The molecule has 0 aliphatic heterocycles. The maximum absolute atomic E-state index is 5.46. The van der Waals surface area contributed by atoms with Gasteiger partial charge in [-0.2, -0.15) is 0 Å². The SMILES string of the molecule is COC1CCC(n2ccc3c2CCCC3)CC1. The zero-order valence-corrected chi connectivity index (χ0v) is 10.8. The number of aromatic nitrogens is 1. The van der Waals surface area contributed by atoms with Crippen LogP contribution in [0.5, 0.6) is 0 Å². The highest BCUT2D eigenvalue weighted by atomic mass is 16.5. The second-order valence-corrected chi connectivity index (χ2v) is 5.57. The predicted molar refractivity (Wildman–Crippen MR) is 69.4 cm³/mol. The summed E-state index contributed by atoms with van der Waals surface area (Å²) >= 11 is 0. The average Bonchev–Trinajstić information content (AvgIpc) is 2.83. The highest BCUT2D eigenvalue weighted by Gasteiger charge is 2.24. The molecule has 2 aliphatic carbocycles. The Hall–Kier alpha value is -0.760. The largest absolute Gasteiger partial charge is 0.381 e. The Morgan fingerprint density at radius 1 is 1.12 bits per heavy atom. The number of ether oxygens (including phenoxy) is 1. The van der Waals surface area contributed by atoms with Crippen LogP contribution in [0.25, 0.3) is 0 Å². The van der Waals surface area contributed by atoms with E-state index in [4.69, 9.17) is 4.74 Å². The van der Waals surface area contributed by atoms with Crippen LogP contribution >= 0.6 is 0 Å². The van der Waals surface area contributed by atoms with Gasteiger partial charge in [-0.15, -0.1) is 0 Å². The van der Waals surface area contributed by atoms with Gasteiger partial charge in [0, 0.05) is 25.0 Å². The van der Waals surface area contributed by atoms with Crippen LogP contribution in [-0.4, -0.2) is 17.8 Å². The van der Waals surface area contributed by atoms with Crippen LogP contribution in [0.15, 0.2) is 12.3 Å². The van der Waals surface area contributed by atoms with Crippen LogP contribution in [0.1, 0.15) is 55.8 Å². The molecule has 1 saturated carbocycles.